The van der Waals surface area contributed by atoms with Crippen molar-refractivity contribution in [2.75, 3.05) is 26.2 Å². The number of morpholine rings is 1. The van der Waals surface area contributed by atoms with E-state index in [1.807, 2.05) is 6.07 Å². The fraction of sp³-hybridized carbons (Fsp3) is 0.444. The second kappa shape index (κ2) is 9.57. The van der Waals surface area contributed by atoms with Crippen LogP contribution in [0, 0.1) is 0 Å². The van der Waals surface area contributed by atoms with Crippen LogP contribution in [0.4, 0.5) is 0 Å². The molecule has 0 bridgehead atoms. The van der Waals surface area contributed by atoms with Gasteiger partial charge in [0.15, 0.2) is 6.29 Å². The fourth-order valence-electron chi connectivity index (χ4n) is 4.39. The maximum atomic E-state index is 11.7. The van der Waals surface area contributed by atoms with Gasteiger partial charge >= 0.3 is 0 Å². The van der Waals surface area contributed by atoms with E-state index in [4.69, 9.17) is 9.47 Å². The molecule has 2 aliphatic rings. The van der Waals surface area contributed by atoms with Gasteiger partial charge in [0, 0.05) is 25.7 Å². The first-order chi connectivity index (χ1) is 15.3. The highest BCUT2D eigenvalue weighted by atomic mass is 16.7. The van der Waals surface area contributed by atoms with Gasteiger partial charge in [-0.05, 0) is 34.6 Å². The lowest BCUT2D eigenvalue weighted by atomic mass is 9.86. The van der Waals surface area contributed by atoms with Crippen molar-refractivity contribution >= 4 is 5.91 Å². The first kappa shape index (κ1) is 22.7. The number of carbonyl (C=O) groups is 1. The van der Waals surface area contributed by atoms with Crippen LogP contribution in [-0.2, 0) is 19.7 Å². The molecular formula is C27H34N2O3. The zero-order valence-corrected chi connectivity index (χ0v) is 19.5. The summed E-state index contributed by atoms with van der Waals surface area (Å²) in [4.78, 5) is 14.0. The van der Waals surface area contributed by atoms with Crippen molar-refractivity contribution in [2.24, 2.45) is 0 Å². The van der Waals surface area contributed by atoms with Crippen molar-refractivity contribution in [2.45, 2.75) is 51.5 Å². The molecule has 0 unspecified atom stereocenters. The van der Waals surface area contributed by atoms with E-state index in [1.165, 1.54) is 5.56 Å². The Bertz CT molecular complexity index is 964. The summed E-state index contributed by atoms with van der Waals surface area (Å²) in [5.74, 6) is -0.00956. The first-order valence-electron chi connectivity index (χ1n) is 11.4. The van der Waals surface area contributed by atoms with Crippen molar-refractivity contribution < 1.29 is 14.3 Å². The number of nitrogens with one attached hydrogen (secondary N) is 1. The molecule has 0 saturated carbocycles. The van der Waals surface area contributed by atoms with Crippen LogP contribution in [0.25, 0.3) is 0 Å². The van der Waals surface area contributed by atoms with Gasteiger partial charge in [0.2, 0.25) is 5.91 Å². The van der Waals surface area contributed by atoms with Crippen LogP contribution >= 0.6 is 0 Å². The largest absolute Gasteiger partial charge is 0.349 e. The average molecular weight is 435 g/mol. The molecule has 1 fully saturated rings. The van der Waals surface area contributed by atoms with Crippen LogP contribution in [0.5, 0.6) is 0 Å². The number of ether oxygens (including phenoxy) is 2. The van der Waals surface area contributed by atoms with Gasteiger partial charge in [-0.3, -0.25) is 9.69 Å². The summed E-state index contributed by atoms with van der Waals surface area (Å²) in [5, 5.41) is 2.88. The summed E-state index contributed by atoms with van der Waals surface area (Å²) in [6.07, 6.45) is 1.21. The fourth-order valence-corrected chi connectivity index (χ4v) is 4.39. The Morgan fingerprint density at radius 3 is 2.62 bits per heavy atom. The summed E-state index contributed by atoms with van der Waals surface area (Å²) >= 11 is 0. The highest BCUT2D eigenvalue weighted by Crippen LogP contribution is 2.35. The van der Waals surface area contributed by atoms with Gasteiger partial charge in [-0.2, -0.15) is 0 Å². The number of carbonyl (C=O) groups excluding carboxylic acids is 1. The van der Waals surface area contributed by atoms with Gasteiger partial charge in [-0.15, -0.1) is 0 Å². The molecule has 0 aromatic heterocycles. The van der Waals surface area contributed by atoms with Crippen LogP contribution in [0.2, 0.25) is 0 Å². The smallest absolute Gasteiger partial charge is 0.244 e. The lowest BCUT2D eigenvalue weighted by Crippen LogP contribution is -2.47. The van der Waals surface area contributed by atoms with Gasteiger partial charge < -0.3 is 14.8 Å². The molecule has 5 heteroatoms. The summed E-state index contributed by atoms with van der Waals surface area (Å²) in [5.41, 5.74) is 4.79. The summed E-state index contributed by atoms with van der Waals surface area (Å²) in [7, 11) is 0. The maximum Gasteiger partial charge on any atom is 0.244 e. The van der Waals surface area contributed by atoms with E-state index < -0.39 is 6.29 Å². The molecule has 170 valence electrons. The molecule has 2 aliphatic heterocycles. The minimum Gasteiger partial charge on any atom is -0.349 e. The lowest BCUT2D eigenvalue weighted by molar-refractivity contribution is -0.228. The van der Waals surface area contributed by atoms with Gasteiger partial charge in [-0.25, -0.2) is 0 Å². The monoisotopic (exact) mass is 434 g/mol. The van der Waals surface area contributed by atoms with Crippen LogP contribution in [0.3, 0.4) is 0 Å². The molecule has 1 amide bonds. The molecule has 0 spiro atoms. The topological polar surface area (TPSA) is 50.8 Å². The highest BCUT2D eigenvalue weighted by Gasteiger charge is 2.36. The average Bonchev–Trinajstić information content (AvgIpc) is 3.18. The summed E-state index contributed by atoms with van der Waals surface area (Å²) in [6, 6.07) is 19.0. The van der Waals surface area contributed by atoms with E-state index >= 15 is 0 Å². The molecule has 32 heavy (non-hydrogen) atoms. The number of hydrogen-bond donors (Lipinski definition) is 1. The molecule has 2 aromatic rings. The third kappa shape index (κ3) is 5.29. The Morgan fingerprint density at radius 1 is 1.16 bits per heavy atom. The molecule has 1 N–H and O–H groups in total. The second-order valence-corrected chi connectivity index (χ2v) is 9.74. The summed E-state index contributed by atoms with van der Waals surface area (Å²) in [6.45, 7) is 11.5. The number of amides is 1. The highest BCUT2D eigenvalue weighted by molar-refractivity contribution is 5.91. The number of hydrogen-bond acceptors (Lipinski definition) is 4. The SMILES string of the molecule is C[C@@H](O[C@H]1OCCN(CC2=CC(=O)NC2)[C@H]1c1ccccc1)c1cccc(C(C)(C)C)c1. The zero-order valence-electron chi connectivity index (χ0n) is 19.5. The third-order valence-electron chi connectivity index (χ3n) is 6.24. The van der Waals surface area contributed by atoms with E-state index in [-0.39, 0.29) is 23.5 Å². The third-order valence-corrected chi connectivity index (χ3v) is 6.24. The quantitative estimate of drug-likeness (QED) is 0.726. The molecule has 2 aromatic carbocycles. The van der Waals surface area contributed by atoms with E-state index in [2.05, 4.69) is 86.4 Å². The van der Waals surface area contributed by atoms with Gasteiger partial charge in [0.1, 0.15) is 0 Å². The van der Waals surface area contributed by atoms with Crippen LogP contribution < -0.4 is 5.32 Å². The normalized spacial score (nSPS) is 23.0. The Balaban J connectivity index is 1.57. The molecule has 0 aliphatic carbocycles. The van der Waals surface area contributed by atoms with Crippen LogP contribution in [0.15, 0.2) is 66.2 Å². The first-order valence-corrected chi connectivity index (χ1v) is 11.4. The van der Waals surface area contributed by atoms with Crippen molar-refractivity contribution in [3.8, 4) is 0 Å². The molecular weight excluding hydrogens is 400 g/mol. The standard InChI is InChI=1S/C27H34N2O3/c1-19(22-11-8-12-23(16-22)27(2,3)4)32-26-25(21-9-6-5-7-10-21)29(13-14-31-26)18-20-15-24(30)28-17-20/h5-12,15-16,19,25-26H,13-14,17-18H2,1-4H3,(H,28,30)/t19-,25+,26-/m1/s1. The van der Waals surface area contributed by atoms with Gasteiger partial charge in [0.25, 0.3) is 0 Å². The number of nitrogens with zero attached hydrogens (tertiary/aromatic N) is 1. The van der Waals surface area contributed by atoms with Crippen molar-refractivity contribution in [3.63, 3.8) is 0 Å². The molecule has 3 atom stereocenters. The summed E-state index contributed by atoms with van der Waals surface area (Å²) < 4.78 is 12.7. The Kier molecular flexibility index (Phi) is 6.79. The van der Waals surface area contributed by atoms with Crippen molar-refractivity contribution in [1.29, 1.82) is 0 Å². The van der Waals surface area contributed by atoms with E-state index in [0.29, 0.717) is 13.2 Å². The number of rotatable bonds is 6. The second-order valence-electron chi connectivity index (χ2n) is 9.74. The maximum absolute atomic E-state index is 11.7. The van der Waals surface area contributed by atoms with Crippen LogP contribution in [0.1, 0.15) is 56.5 Å². The predicted octanol–water partition coefficient (Wildman–Crippen LogP) is 4.52. The van der Waals surface area contributed by atoms with Gasteiger partial charge in [-0.1, -0.05) is 75.4 Å². The van der Waals surface area contributed by atoms with E-state index in [0.717, 1.165) is 29.8 Å². The Morgan fingerprint density at radius 2 is 1.94 bits per heavy atom. The molecule has 2 heterocycles. The Labute approximate surface area is 191 Å². The van der Waals surface area contributed by atoms with Crippen molar-refractivity contribution in [3.05, 3.63) is 82.9 Å². The molecule has 0 radical (unpaired) electrons. The molecule has 5 nitrogen and oxygen atoms in total. The van der Waals surface area contributed by atoms with Crippen LogP contribution in [-0.4, -0.2) is 43.3 Å². The molecule has 1 saturated heterocycles. The van der Waals surface area contributed by atoms with E-state index in [1.54, 1.807) is 6.08 Å². The minimum absolute atomic E-state index is 0.00956. The molecule has 4 rings (SSSR count). The zero-order chi connectivity index (χ0) is 22.7. The Hall–Kier alpha value is -2.47. The lowest BCUT2D eigenvalue weighted by Gasteiger charge is -2.42. The van der Waals surface area contributed by atoms with Gasteiger partial charge in [0.05, 0.1) is 18.8 Å². The minimum atomic E-state index is -0.398. The van der Waals surface area contributed by atoms with E-state index in [9.17, 15) is 4.79 Å². The number of benzene rings is 2. The van der Waals surface area contributed by atoms with Crippen molar-refractivity contribution in [1.82, 2.24) is 10.2 Å². The predicted molar refractivity (Wildman–Crippen MR) is 126 cm³/mol.